The summed E-state index contributed by atoms with van der Waals surface area (Å²) in [5.74, 6) is 0.599. The summed E-state index contributed by atoms with van der Waals surface area (Å²) >= 11 is 0. The van der Waals surface area contributed by atoms with Crippen LogP contribution >= 0.6 is 0 Å². The Morgan fingerprint density at radius 2 is 2.07 bits per heavy atom. The number of rotatable bonds is 4. The Morgan fingerprint density at radius 1 is 1.17 bits per heavy atom. The number of aromatic nitrogens is 6. The molecule has 10 nitrogen and oxygen atoms in total. The Kier molecular flexibility index (Phi) is 4.15. The molecule has 3 aromatic heterocycles. The van der Waals surface area contributed by atoms with Crippen LogP contribution in [0.15, 0.2) is 53.8 Å². The number of amides is 1. The minimum absolute atomic E-state index is 0.00923. The van der Waals surface area contributed by atoms with E-state index in [0.717, 1.165) is 18.8 Å². The van der Waals surface area contributed by atoms with E-state index in [1.54, 1.807) is 29.0 Å². The molecule has 0 bridgehead atoms. The topological polar surface area (TPSA) is 110 Å². The molecule has 1 N–H and O–H groups in total. The molecule has 0 aliphatic carbocycles. The first-order valence-corrected chi connectivity index (χ1v) is 9.33. The average Bonchev–Trinajstić information content (AvgIpc) is 3.39. The molecule has 0 spiro atoms. The fraction of sp³-hybridized carbons (Fsp3) is 0.263. The summed E-state index contributed by atoms with van der Waals surface area (Å²) in [6.45, 7) is 1.37. The van der Waals surface area contributed by atoms with Gasteiger partial charge >= 0.3 is 0 Å². The van der Waals surface area contributed by atoms with Crippen LogP contribution < -0.4 is 15.8 Å². The van der Waals surface area contributed by atoms with Crippen molar-refractivity contribution < 1.29 is 4.79 Å². The van der Waals surface area contributed by atoms with Gasteiger partial charge in [-0.1, -0.05) is 12.1 Å². The van der Waals surface area contributed by atoms with Gasteiger partial charge in [-0.2, -0.15) is 4.52 Å². The van der Waals surface area contributed by atoms with E-state index >= 15 is 0 Å². The zero-order valence-electron chi connectivity index (χ0n) is 15.5. The highest BCUT2D eigenvalue weighted by Gasteiger charge is 2.25. The molecule has 1 saturated heterocycles. The third-order valence-electron chi connectivity index (χ3n) is 5.07. The number of carbonyl (C=O) groups is 1. The second-order valence-corrected chi connectivity index (χ2v) is 7.02. The molecule has 0 saturated carbocycles. The van der Waals surface area contributed by atoms with E-state index in [0.29, 0.717) is 23.1 Å². The third kappa shape index (κ3) is 3.28. The number of carbonyl (C=O) groups excluding carboxylic acids is 1. The summed E-state index contributed by atoms with van der Waals surface area (Å²) < 4.78 is 2.96. The lowest BCUT2D eigenvalue weighted by Gasteiger charge is -2.18. The van der Waals surface area contributed by atoms with Crippen LogP contribution in [0.5, 0.6) is 0 Å². The van der Waals surface area contributed by atoms with Crippen LogP contribution in [0.2, 0.25) is 0 Å². The van der Waals surface area contributed by atoms with E-state index in [-0.39, 0.29) is 24.1 Å². The number of fused-ring (bicyclic) bond motifs is 2. The van der Waals surface area contributed by atoms with Crippen LogP contribution in [0, 0.1) is 0 Å². The number of hydrogen-bond donors (Lipinski definition) is 1. The first-order chi connectivity index (χ1) is 14.2. The standard InChI is InChI=1S/C19H18N8O2/c28-18(10-26-11-20-15-4-2-1-3-14(15)19(26)29)22-13-7-8-25(9-13)17-6-5-16-23-21-12-27(16)24-17/h1-6,11-13H,7-10H2,(H,22,28)/t13-/m1/s1. The van der Waals surface area contributed by atoms with Crippen molar-refractivity contribution in [2.24, 2.45) is 0 Å². The lowest BCUT2D eigenvalue weighted by Crippen LogP contribution is -2.40. The lowest BCUT2D eigenvalue weighted by atomic mass is 10.2. The number of hydrogen-bond acceptors (Lipinski definition) is 7. The smallest absolute Gasteiger partial charge is 0.261 e. The van der Waals surface area contributed by atoms with Crippen LogP contribution in [-0.2, 0) is 11.3 Å². The van der Waals surface area contributed by atoms with Crippen molar-refractivity contribution in [3.8, 4) is 0 Å². The summed E-state index contributed by atoms with van der Waals surface area (Å²) in [5, 5.41) is 15.8. The van der Waals surface area contributed by atoms with Crippen LogP contribution in [0.3, 0.4) is 0 Å². The molecular formula is C19H18N8O2. The Morgan fingerprint density at radius 3 is 3.00 bits per heavy atom. The molecule has 0 radical (unpaired) electrons. The highest BCUT2D eigenvalue weighted by molar-refractivity contribution is 5.79. The van der Waals surface area contributed by atoms with Crippen LogP contribution in [0.1, 0.15) is 6.42 Å². The van der Waals surface area contributed by atoms with Crippen LogP contribution in [-0.4, -0.2) is 54.4 Å². The molecule has 1 aliphatic heterocycles. The van der Waals surface area contributed by atoms with Gasteiger partial charge in [0.2, 0.25) is 5.91 Å². The van der Waals surface area contributed by atoms with E-state index < -0.39 is 0 Å². The molecule has 4 heterocycles. The highest BCUT2D eigenvalue weighted by Crippen LogP contribution is 2.18. The molecule has 1 aromatic carbocycles. The van der Waals surface area contributed by atoms with Gasteiger partial charge in [-0.25, -0.2) is 4.98 Å². The summed E-state index contributed by atoms with van der Waals surface area (Å²) in [6.07, 6.45) is 3.78. The average molecular weight is 390 g/mol. The number of nitrogens with one attached hydrogen (secondary N) is 1. The van der Waals surface area contributed by atoms with Gasteiger partial charge in [0, 0.05) is 19.1 Å². The SMILES string of the molecule is O=C(Cn1cnc2ccccc2c1=O)N[C@@H]1CCN(c2ccc3nncn3n2)C1. The van der Waals surface area contributed by atoms with Crippen molar-refractivity contribution in [3.63, 3.8) is 0 Å². The van der Waals surface area contributed by atoms with Gasteiger partial charge in [0.1, 0.15) is 18.7 Å². The predicted octanol–water partition coefficient (Wildman–Crippen LogP) is 0.229. The van der Waals surface area contributed by atoms with E-state index in [1.807, 2.05) is 18.2 Å². The Hall–Kier alpha value is -3.82. The fourth-order valence-corrected chi connectivity index (χ4v) is 3.62. The summed E-state index contributed by atoms with van der Waals surface area (Å²) in [6, 6.07) is 10.9. The highest BCUT2D eigenvalue weighted by atomic mass is 16.2. The van der Waals surface area contributed by atoms with E-state index in [4.69, 9.17) is 0 Å². The molecule has 10 heteroatoms. The third-order valence-corrected chi connectivity index (χ3v) is 5.07. The summed E-state index contributed by atoms with van der Waals surface area (Å²) in [5.41, 5.74) is 1.09. The zero-order chi connectivity index (χ0) is 19.8. The van der Waals surface area contributed by atoms with Gasteiger partial charge in [-0.3, -0.25) is 14.2 Å². The summed E-state index contributed by atoms with van der Waals surface area (Å²) in [7, 11) is 0. The second kappa shape index (κ2) is 6.97. The number of para-hydroxylation sites is 1. The van der Waals surface area contributed by atoms with Crippen molar-refractivity contribution in [2.75, 3.05) is 18.0 Å². The monoisotopic (exact) mass is 390 g/mol. The quantitative estimate of drug-likeness (QED) is 0.531. The number of nitrogens with zero attached hydrogens (tertiary/aromatic N) is 7. The lowest BCUT2D eigenvalue weighted by molar-refractivity contribution is -0.122. The zero-order valence-corrected chi connectivity index (χ0v) is 15.5. The predicted molar refractivity (Wildman–Crippen MR) is 106 cm³/mol. The van der Waals surface area contributed by atoms with E-state index in [2.05, 4.69) is 30.5 Å². The van der Waals surface area contributed by atoms with Gasteiger partial charge in [0.05, 0.1) is 17.2 Å². The molecule has 5 rings (SSSR count). The Balaban J connectivity index is 1.25. The summed E-state index contributed by atoms with van der Waals surface area (Å²) in [4.78, 5) is 31.4. The van der Waals surface area contributed by atoms with E-state index in [1.165, 1.54) is 10.9 Å². The van der Waals surface area contributed by atoms with Crippen molar-refractivity contribution >= 4 is 28.3 Å². The second-order valence-electron chi connectivity index (χ2n) is 7.02. The molecule has 146 valence electrons. The first kappa shape index (κ1) is 17.3. The maximum Gasteiger partial charge on any atom is 0.261 e. The molecule has 29 heavy (non-hydrogen) atoms. The van der Waals surface area contributed by atoms with Crippen molar-refractivity contribution in [2.45, 2.75) is 19.0 Å². The number of benzene rings is 1. The van der Waals surface area contributed by atoms with Gasteiger partial charge in [-0.05, 0) is 30.7 Å². The molecular weight excluding hydrogens is 372 g/mol. The minimum atomic E-state index is -0.217. The van der Waals surface area contributed by atoms with Crippen molar-refractivity contribution in [3.05, 3.63) is 59.4 Å². The van der Waals surface area contributed by atoms with Gasteiger partial charge in [0.25, 0.3) is 5.56 Å². The van der Waals surface area contributed by atoms with Crippen molar-refractivity contribution in [1.29, 1.82) is 0 Å². The van der Waals surface area contributed by atoms with Gasteiger partial charge in [-0.15, -0.1) is 15.3 Å². The first-order valence-electron chi connectivity index (χ1n) is 9.33. The normalized spacial score (nSPS) is 16.6. The van der Waals surface area contributed by atoms with Gasteiger partial charge in [0.15, 0.2) is 5.65 Å². The molecule has 1 amide bonds. The molecule has 1 atom stereocenters. The largest absolute Gasteiger partial charge is 0.353 e. The number of anilines is 1. The Labute approximate surface area is 164 Å². The Bertz CT molecular complexity index is 1260. The fourth-order valence-electron chi connectivity index (χ4n) is 3.62. The molecule has 1 aliphatic rings. The minimum Gasteiger partial charge on any atom is -0.353 e. The molecule has 1 fully saturated rings. The maximum absolute atomic E-state index is 12.5. The maximum atomic E-state index is 12.5. The van der Waals surface area contributed by atoms with Crippen molar-refractivity contribution in [1.82, 2.24) is 34.7 Å². The van der Waals surface area contributed by atoms with Crippen LogP contribution in [0.4, 0.5) is 5.82 Å². The van der Waals surface area contributed by atoms with E-state index in [9.17, 15) is 9.59 Å². The van der Waals surface area contributed by atoms with Gasteiger partial charge < -0.3 is 10.2 Å². The van der Waals surface area contributed by atoms with Crippen LogP contribution in [0.25, 0.3) is 16.6 Å². The molecule has 0 unspecified atom stereocenters. The molecule has 4 aromatic rings.